The third-order valence-corrected chi connectivity index (χ3v) is 5.63. The van der Waals surface area contributed by atoms with Crippen LogP contribution in [-0.4, -0.2) is 32.7 Å². The van der Waals surface area contributed by atoms with Gasteiger partial charge in [-0.2, -0.15) is 0 Å². The quantitative estimate of drug-likeness (QED) is 0.574. The van der Waals surface area contributed by atoms with E-state index in [9.17, 15) is 18.0 Å². The van der Waals surface area contributed by atoms with Gasteiger partial charge in [0.2, 0.25) is 10.0 Å². The Morgan fingerprint density at radius 1 is 1.14 bits per heavy atom. The smallest absolute Gasteiger partial charge is 0.338 e. The first-order valence-electron chi connectivity index (χ1n) is 8.54. The summed E-state index contributed by atoms with van der Waals surface area (Å²) in [4.78, 5) is 24.2. The number of benzene rings is 2. The molecule has 2 rings (SSSR count). The molecule has 0 aliphatic rings. The average molecular weight is 469 g/mol. The number of carbonyl (C=O) groups excluding carboxylic acids is 2. The molecular weight excluding hydrogens is 448 g/mol. The van der Waals surface area contributed by atoms with E-state index < -0.39 is 28.5 Å². The van der Waals surface area contributed by atoms with Gasteiger partial charge in [0.05, 0.1) is 11.3 Å². The number of rotatable bonds is 8. The van der Waals surface area contributed by atoms with E-state index in [4.69, 9.17) is 4.74 Å². The van der Waals surface area contributed by atoms with Gasteiger partial charge in [-0.1, -0.05) is 28.9 Å². The predicted octanol–water partition coefficient (Wildman–Crippen LogP) is 3.70. The molecule has 0 bridgehead atoms. The summed E-state index contributed by atoms with van der Waals surface area (Å²) in [7, 11) is -3.46. The highest BCUT2D eigenvalue weighted by Gasteiger charge is 2.14. The average Bonchev–Trinajstić information content (AvgIpc) is 2.61. The summed E-state index contributed by atoms with van der Waals surface area (Å²) in [6.07, 6.45) is 0.476. The number of sulfonamides is 1. The number of nitrogens with one attached hydrogen (secondary N) is 2. The molecule has 0 aliphatic heterocycles. The van der Waals surface area contributed by atoms with Crippen molar-refractivity contribution in [2.45, 2.75) is 20.3 Å². The van der Waals surface area contributed by atoms with Crippen molar-refractivity contribution < 1.29 is 22.7 Å². The number of hydrogen-bond acceptors (Lipinski definition) is 5. The first kappa shape index (κ1) is 21.9. The second-order valence-corrected chi connectivity index (χ2v) is 8.84. The van der Waals surface area contributed by atoms with Crippen LogP contribution < -0.4 is 10.0 Å². The fourth-order valence-corrected chi connectivity index (χ4v) is 3.98. The van der Waals surface area contributed by atoms with E-state index in [2.05, 4.69) is 26.0 Å². The van der Waals surface area contributed by atoms with E-state index in [1.165, 1.54) is 24.3 Å². The summed E-state index contributed by atoms with van der Waals surface area (Å²) in [6, 6.07) is 11.3. The molecule has 9 heteroatoms. The molecule has 2 aromatic rings. The number of halogens is 1. The normalized spacial score (nSPS) is 11.0. The van der Waals surface area contributed by atoms with Crippen LogP contribution in [0.1, 0.15) is 29.3 Å². The molecule has 0 spiro atoms. The standard InChI is InChI=1S/C19H21BrN2O5S/c1-3-9-28(25,26)22-16-6-4-5-14(11-16)19(24)27-12-18(23)21-17-8-7-15(20)10-13(17)2/h4-8,10-11,22H,3,9,12H2,1-2H3,(H,21,23). The summed E-state index contributed by atoms with van der Waals surface area (Å²) < 4.78 is 32.0. The lowest BCUT2D eigenvalue weighted by molar-refractivity contribution is -0.119. The molecule has 0 saturated carbocycles. The van der Waals surface area contributed by atoms with Gasteiger partial charge in [-0.3, -0.25) is 9.52 Å². The molecule has 0 fully saturated rings. The van der Waals surface area contributed by atoms with Gasteiger partial charge in [-0.25, -0.2) is 13.2 Å². The molecule has 0 unspecified atom stereocenters. The second kappa shape index (κ2) is 9.70. The molecule has 28 heavy (non-hydrogen) atoms. The highest BCUT2D eigenvalue weighted by Crippen LogP contribution is 2.20. The molecule has 2 aromatic carbocycles. The van der Waals surface area contributed by atoms with Crippen molar-refractivity contribution in [1.29, 1.82) is 0 Å². The van der Waals surface area contributed by atoms with Crippen LogP contribution in [0.4, 0.5) is 11.4 Å². The van der Waals surface area contributed by atoms with Crippen LogP contribution >= 0.6 is 15.9 Å². The van der Waals surface area contributed by atoms with Crippen LogP contribution in [0.5, 0.6) is 0 Å². The Hall–Kier alpha value is -2.39. The van der Waals surface area contributed by atoms with Crippen molar-refractivity contribution in [1.82, 2.24) is 0 Å². The Morgan fingerprint density at radius 3 is 2.57 bits per heavy atom. The minimum absolute atomic E-state index is 0.0165. The lowest BCUT2D eigenvalue weighted by Gasteiger charge is -2.10. The largest absolute Gasteiger partial charge is 0.452 e. The van der Waals surface area contributed by atoms with Gasteiger partial charge >= 0.3 is 5.97 Å². The van der Waals surface area contributed by atoms with Gasteiger partial charge in [0.15, 0.2) is 6.61 Å². The van der Waals surface area contributed by atoms with Crippen LogP contribution in [0.25, 0.3) is 0 Å². The Labute approximate surface area is 172 Å². The number of hydrogen-bond donors (Lipinski definition) is 2. The Bertz CT molecular complexity index is 976. The van der Waals surface area contributed by atoms with Crippen molar-refractivity contribution in [3.8, 4) is 0 Å². The SMILES string of the molecule is CCCS(=O)(=O)Nc1cccc(C(=O)OCC(=O)Nc2ccc(Br)cc2C)c1. The van der Waals surface area contributed by atoms with Crippen LogP contribution in [0.3, 0.4) is 0 Å². The third kappa shape index (κ3) is 6.65. The van der Waals surface area contributed by atoms with Crippen LogP contribution in [-0.2, 0) is 19.6 Å². The lowest BCUT2D eigenvalue weighted by atomic mass is 10.2. The maximum absolute atomic E-state index is 12.2. The minimum Gasteiger partial charge on any atom is -0.452 e. The van der Waals surface area contributed by atoms with E-state index >= 15 is 0 Å². The molecule has 7 nitrogen and oxygen atoms in total. The molecule has 2 N–H and O–H groups in total. The molecule has 0 heterocycles. The number of esters is 1. The van der Waals surface area contributed by atoms with Gasteiger partial charge in [-0.15, -0.1) is 0 Å². The molecule has 150 valence electrons. The summed E-state index contributed by atoms with van der Waals surface area (Å²) >= 11 is 3.35. The fraction of sp³-hybridized carbons (Fsp3) is 0.263. The zero-order valence-corrected chi connectivity index (χ0v) is 17.9. The van der Waals surface area contributed by atoms with Gasteiger partial charge in [-0.05, 0) is 55.3 Å². The zero-order chi connectivity index (χ0) is 20.7. The van der Waals surface area contributed by atoms with E-state index in [1.54, 1.807) is 19.1 Å². The zero-order valence-electron chi connectivity index (χ0n) is 15.5. The molecule has 0 aromatic heterocycles. The first-order valence-corrected chi connectivity index (χ1v) is 11.0. The number of aryl methyl sites for hydroxylation is 1. The molecule has 0 atom stereocenters. The van der Waals surface area contributed by atoms with E-state index in [1.807, 2.05) is 13.0 Å². The van der Waals surface area contributed by atoms with Crippen molar-refractivity contribution in [3.05, 3.63) is 58.1 Å². The maximum atomic E-state index is 12.2. The van der Waals surface area contributed by atoms with Crippen molar-refractivity contribution in [2.75, 3.05) is 22.4 Å². The summed E-state index contributed by atoms with van der Waals surface area (Å²) in [5.74, 6) is -1.21. The van der Waals surface area contributed by atoms with Crippen molar-refractivity contribution in [3.63, 3.8) is 0 Å². The van der Waals surface area contributed by atoms with Crippen molar-refractivity contribution in [2.24, 2.45) is 0 Å². The maximum Gasteiger partial charge on any atom is 0.338 e. The van der Waals surface area contributed by atoms with Gasteiger partial charge in [0, 0.05) is 15.8 Å². The van der Waals surface area contributed by atoms with Gasteiger partial charge in [0.25, 0.3) is 5.91 Å². The number of amides is 1. The lowest BCUT2D eigenvalue weighted by Crippen LogP contribution is -2.21. The Morgan fingerprint density at radius 2 is 1.89 bits per heavy atom. The van der Waals surface area contributed by atoms with Crippen LogP contribution in [0, 0.1) is 6.92 Å². The highest BCUT2D eigenvalue weighted by atomic mass is 79.9. The van der Waals surface area contributed by atoms with Crippen LogP contribution in [0.15, 0.2) is 46.9 Å². The summed E-state index contributed by atoms with van der Waals surface area (Å²) in [6.45, 7) is 3.14. The van der Waals surface area contributed by atoms with Crippen molar-refractivity contribution >= 4 is 49.2 Å². The predicted molar refractivity (Wildman–Crippen MR) is 112 cm³/mol. The minimum atomic E-state index is -3.46. The van der Waals surface area contributed by atoms with E-state index in [-0.39, 0.29) is 17.0 Å². The second-order valence-electron chi connectivity index (χ2n) is 6.09. The highest BCUT2D eigenvalue weighted by molar-refractivity contribution is 9.10. The monoisotopic (exact) mass is 468 g/mol. The first-order chi connectivity index (χ1) is 13.2. The van der Waals surface area contributed by atoms with Crippen LogP contribution in [0.2, 0.25) is 0 Å². The Balaban J connectivity index is 1.95. The molecule has 0 saturated heterocycles. The van der Waals surface area contributed by atoms with Gasteiger partial charge in [0.1, 0.15) is 0 Å². The fourth-order valence-electron chi connectivity index (χ4n) is 2.38. The molecule has 0 radical (unpaired) electrons. The molecule has 1 amide bonds. The number of anilines is 2. The Kier molecular flexibility index (Phi) is 7.59. The number of carbonyl (C=O) groups is 2. The topological polar surface area (TPSA) is 102 Å². The molecular formula is C19H21BrN2O5S. The van der Waals surface area contributed by atoms with E-state index in [0.29, 0.717) is 12.1 Å². The third-order valence-electron chi connectivity index (χ3n) is 3.64. The summed E-state index contributed by atoms with van der Waals surface area (Å²) in [5, 5.41) is 2.67. The number of ether oxygens (including phenoxy) is 1. The van der Waals surface area contributed by atoms with E-state index in [0.717, 1.165) is 10.0 Å². The van der Waals surface area contributed by atoms with Gasteiger partial charge < -0.3 is 10.1 Å². The summed E-state index contributed by atoms with van der Waals surface area (Å²) in [5.41, 5.74) is 1.89. The molecule has 0 aliphatic carbocycles.